The molecule has 2 aliphatic rings. The summed E-state index contributed by atoms with van der Waals surface area (Å²) in [6, 6.07) is 0. The number of fused-ring (bicyclic) bond motifs is 2. The molecule has 106 valence electrons. The van der Waals surface area contributed by atoms with Gasteiger partial charge >= 0.3 is 0 Å². The highest BCUT2D eigenvalue weighted by molar-refractivity contribution is 5.28. The summed E-state index contributed by atoms with van der Waals surface area (Å²) in [5.74, 6) is 0.753. The van der Waals surface area contributed by atoms with Crippen molar-refractivity contribution in [3.05, 3.63) is 23.7 Å². The van der Waals surface area contributed by atoms with Gasteiger partial charge in [0.05, 0.1) is 24.7 Å². The van der Waals surface area contributed by atoms with Gasteiger partial charge in [0.1, 0.15) is 0 Å². The van der Waals surface area contributed by atoms with E-state index in [2.05, 4.69) is 13.8 Å². The third-order valence-corrected chi connectivity index (χ3v) is 4.91. The van der Waals surface area contributed by atoms with Crippen LogP contribution in [0.15, 0.2) is 16.9 Å². The van der Waals surface area contributed by atoms with Gasteiger partial charge in [-0.25, -0.2) is 0 Å². The SMILES string of the molecule is CCO[C@H]1Cc2cocc2[C@H](O)[C@H]2CC(C)(C)C[C@@H]21. The Hall–Kier alpha value is -0.800. The Balaban J connectivity index is 1.97. The second kappa shape index (κ2) is 4.64. The van der Waals surface area contributed by atoms with E-state index in [1.807, 2.05) is 6.92 Å². The number of aliphatic hydroxyl groups is 1. The molecule has 19 heavy (non-hydrogen) atoms. The second-order valence-corrected chi connectivity index (χ2v) is 6.90. The third-order valence-electron chi connectivity index (χ3n) is 4.91. The van der Waals surface area contributed by atoms with E-state index in [-0.39, 0.29) is 6.10 Å². The molecule has 0 aliphatic heterocycles. The number of aliphatic hydroxyl groups excluding tert-OH is 1. The lowest BCUT2D eigenvalue weighted by atomic mass is 9.86. The lowest BCUT2D eigenvalue weighted by Crippen LogP contribution is -2.29. The molecule has 1 fully saturated rings. The average molecular weight is 264 g/mol. The fraction of sp³-hybridized carbons (Fsp3) is 0.750. The van der Waals surface area contributed by atoms with Crippen molar-refractivity contribution < 1.29 is 14.3 Å². The van der Waals surface area contributed by atoms with Crippen molar-refractivity contribution in [2.45, 2.75) is 52.2 Å². The topological polar surface area (TPSA) is 42.6 Å². The van der Waals surface area contributed by atoms with Crippen LogP contribution in [0.4, 0.5) is 0 Å². The van der Waals surface area contributed by atoms with Crippen LogP contribution in [0.5, 0.6) is 0 Å². The maximum atomic E-state index is 10.7. The molecule has 0 amide bonds. The van der Waals surface area contributed by atoms with E-state index in [1.54, 1.807) is 12.5 Å². The molecule has 1 aromatic heterocycles. The minimum Gasteiger partial charge on any atom is -0.472 e. The van der Waals surface area contributed by atoms with Crippen LogP contribution in [0.25, 0.3) is 0 Å². The van der Waals surface area contributed by atoms with Crippen LogP contribution in [-0.4, -0.2) is 17.8 Å². The van der Waals surface area contributed by atoms with Gasteiger partial charge in [-0.2, -0.15) is 0 Å². The Bertz CT molecular complexity index is 449. The quantitative estimate of drug-likeness (QED) is 0.891. The summed E-state index contributed by atoms with van der Waals surface area (Å²) in [5.41, 5.74) is 2.40. The number of furan rings is 1. The molecule has 2 aliphatic carbocycles. The van der Waals surface area contributed by atoms with Crippen LogP contribution < -0.4 is 0 Å². The van der Waals surface area contributed by atoms with E-state index < -0.39 is 6.10 Å². The minimum atomic E-state index is -0.397. The zero-order chi connectivity index (χ0) is 13.6. The summed E-state index contributed by atoms with van der Waals surface area (Å²) in [5, 5.41) is 10.7. The van der Waals surface area contributed by atoms with Gasteiger partial charge in [0, 0.05) is 18.6 Å². The molecule has 4 atom stereocenters. The summed E-state index contributed by atoms with van der Waals surface area (Å²) in [7, 11) is 0. The molecule has 0 spiro atoms. The van der Waals surface area contributed by atoms with Crippen molar-refractivity contribution >= 4 is 0 Å². The van der Waals surface area contributed by atoms with Gasteiger partial charge in [-0.15, -0.1) is 0 Å². The highest BCUT2D eigenvalue weighted by Gasteiger charge is 2.48. The Morgan fingerprint density at radius 2 is 2.05 bits per heavy atom. The first-order valence-electron chi connectivity index (χ1n) is 7.36. The molecule has 0 unspecified atom stereocenters. The average Bonchev–Trinajstić information content (AvgIpc) is 2.89. The van der Waals surface area contributed by atoms with Gasteiger partial charge in [-0.3, -0.25) is 0 Å². The van der Waals surface area contributed by atoms with Gasteiger partial charge in [0.25, 0.3) is 0 Å². The molecule has 1 saturated carbocycles. The van der Waals surface area contributed by atoms with Crippen LogP contribution in [0.2, 0.25) is 0 Å². The monoisotopic (exact) mass is 264 g/mol. The first-order chi connectivity index (χ1) is 9.02. The van der Waals surface area contributed by atoms with Crippen LogP contribution in [0.3, 0.4) is 0 Å². The lowest BCUT2D eigenvalue weighted by molar-refractivity contribution is -0.0149. The number of rotatable bonds is 2. The largest absolute Gasteiger partial charge is 0.472 e. The first kappa shape index (κ1) is 13.2. The highest BCUT2D eigenvalue weighted by Crippen LogP contribution is 2.54. The normalized spacial score (nSPS) is 36.6. The smallest absolute Gasteiger partial charge is 0.0963 e. The van der Waals surface area contributed by atoms with Gasteiger partial charge in [0.15, 0.2) is 0 Å². The van der Waals surface area contributed by atoms with E-state index in [1.165, 1.54) is 0 Å². The maximum Gasteiger partial charge on any atom is 0.0963 e. The van der Waals surface area contributed by atoms with Crippen molar-refractivity contribution in [3.8, 4) is 0 Å². The summed E-state index contributed by atoms with van der Waals surface area (Å²) in [6.07, 6.45) is 6.38. The molecule has 1 heterocycles. The molecule has 3 nitrogen and oxygen atoms in total. The predicted molar refractivity (Wildman–Crippen MR) is 72.8 cm³/mol. The first-order valence-corrected chi connectivity index (χ1v) is 7.36. The van der Waals surface area contributed by atoms with Crippen molar-refractivity contribution in [3.63, 3.8) is 0 Å². The highest BCUT2D eigenvalue weighted by atomic mass is 16.5. The minimum absolute atomic E-state index is 0.213. The lowest BCUT2D eigenvalue weighted by Gasteiger charge is -2.27. The number of ether oxygens (including phenoxy) is 1. The second-order valence-electron chi connectivity index (χ2n) is 6.90. The molecule has 0 bridgehead atoms. The van der Waals surface area contributed by atoms with Crippen LogP contribution in [-0.2, 0) is 11.2 Å². The molecular weight excluding hydrogens is 240 g/mol. The zero-order valence-corrected chi connectivity index (χ0v) is 12.1. The summed E-state index contributed by atoms with van der Waals surface area (Å²) < 4.78 is 11.3. The Kier molecular flexibility index (Phi) is 3.22. The fourth-order valence-corrected chi connectivity index (χ4v) is 4.17. The number of hydrogen-bond acceptors (Lipinski definition) is 3. The van der Waals surface area contributed by atoms with Gasteiger partial charge in [-0.1, -0.05) is 13.8 Å². The van der Waals surface area contributed by atoms with Crippen LogP contribution >= 0.6 is 0 Å². The molecule has 1 N–H and O–H groups in total. The van der Waals surface area contributed by atoms with Crippen molar-refractivity contribution in [2.75, 3.05) is 6.61 Å². The molecule has 3 rings (SSSR count). The van der Waals surface area contributed by atoms with E-state index in [4.69, 9.17) is 9.15 Å². The Morgan fingerprint density at radius 3 is 2.79 bits per heavy atom. The molecule has 1 aromatic rings. The van der Waals surface area contributed by atoms with Gasteiger partial charge < -0.3 is 14.3 Å². The standard InChI is InChI=1S/C16H24O3/c1-4-19-14-5-10-8-18-9-13(10)15(17)12-7-16(2,3)6-11(12)14/h8-9,11-12,14-15,17H,4-7H2,1-3H3/t11-,12-,14-,15+/m0/s1. The molecule has 0 radical (unpaired) electrons. The van der Waals surface area contributed by atoms with Gasteiger partial charge in [-0.05, 0) is 42.6 Å². The van der Waals surface area contributed by atoms with Crippen LogP contribution in [0.1, 0.15) is 50.8 Å². The molecule has 0 saturated heterocycles. The van der Waals surface area contributed by atoms with Crippen molar-refractivity contribution in [2.24, 2.45) is 17.3 Å². The number of hydrogen-bond donors (Lipinski definition) is 1. The predicted octanol–water partition coefficient (Wildman–Crippen LogP) is 3.33. The zero-order valence-electron chi connectivity index (χ0n) is 12.1. The molecule has 3 heteroatoms. The van der Waals surface area contributed by atoms with Gasteiger partial charge in [0.2, 0.25) is 0 Å². The Labute approximate surface area is 115 Å². The molecular formula is C16H24O3. The molecule has 0 aromatic carbocycles. The van der Waals surface area contributed by atoms with E-state index in [9.17, 15) is 5.11 Å². The fourth-order valence-electron chi connectivity index (χ4n) is 4.17. The van der Waals surface area contributed by atoms with E-state index in [0.29, 0.717) is 17.3 Å². The van der Waals surface area contributed by atoms with Crippen molar-refractivity contribution in [1.82, 2.24) is 0 Å². The summed E-state index contributed by atoms with van der Waals surface area (Å²) in [6.45, 7) is 7.38. The van der Waals surface area contributed by atoms with E-state index in [0.717, 1.165) is 37.0 Å². The van der Waals surface area contributed by atoms with Crippen molar-refractivity contribution in [1.29, 1.82) is 0 Å². The maximum absolute atomic E-state index is 10.7. The third kappa shape index (κ3) is 2.23. The van der Waals surface area contributed by atoms with Crippen LogP contribution in [0, 0.1) is 17.3 Å². The summed E-state index contributed by atoms with van der Waals surface area (Å²) in [4.78, 5) is 0. The van der Waals surface area contributed by atoms with E-state index >= 15 is 0 Å². The Morgan fingerprint density at radius 1 is 1.32 bits per heavy atom. The summed E-state index contributed by atoms with van der Waals surface area (Å²) >= 11 is 0.